The molecule has 3 rings (SSSR count). The normalized spacial score (nSPS) is 12.1. The summed E-state index contributed by atoms with van der Waals surface area (Å²) in [4.78, 5) is 16.5. The number of nitrogens with one attached hydrogen (secondary N) is 1. The maximum absolute atomic E-state index is 12.2. The predicted molar refractivity (Wildman–Crippen MR) is 101 cm³/mol. The summed E-state index contributed by atoms with van der Waals surface area (Å²) in [6, 6.07) is 11.0. The third-order valence-corrected chi connectivity index (χ3v) is 4.45. The van der Waals surface area contributed by atoms with Crippen LogP contribution >= 0.6 is 11.6 Å². The van der Waals surface area contributed by atoms with Gasteiger partial charge in [0.2, 0.25) is 5.91 Å². The average molecular weight is 371 g/mol. The lowest BCUT2D eigenvalue weighted by molar-refractivity contribution is -0.121. The van der Waals surface area contributed by atoms with Crippen molar-refractivity contribution in [2.75, 3.05) is 0 Å². The van der Waals surface area contributed by atoms with Crippen LogP contribution in [0.1, 0.15) is 36.9 Å². The van der Waals surface area contributed by atoms with Crippen LogP contribution in [0.15, 0.2) is 48.7 Å². The molecule has 0 aliphatic carbocycles. The zero-order valence-corrected chi connectivity index (χ0v) is 15.0. The number of aromatic nitrogens is 1. The quantitative estimate of drug-likeness (QED) is 0.625. The molecule has 26 heavy (non-hydrogen) atoms. The molecule has 0 radical (unpaired) electrons. The van der Waals surface area contributed by atoms with Gasteiger partial charge in [0.15, 0.2) is 0 Å². The van der Waals surface area contributed by atoms with Crippen molar-refractivity contribution in [1.82, 2.24) is 10.3 Å². The van der Waals surface area contributed by atoms with E-state index >= 15 is 0 Å². The Morgan fingerprint density at radius 3 is 2.77 bits per heavy atom. The van der Waals surface area contributed by atoms with Crippen molar-refractivity contribution in [3.8, 4) is 11.5 Å². The van der Waals surface area contributed by atoms with Crippen LogP contribution in [0.25, 0.3) is 10.9 Å². The van der Waals surface area contributed by atoms with Crippen LogP contribution < -0.4 is 5.32 Å². The second-order valence-electron chi connectivity index (χ2n) is 6.04. The molecule has 1 unspecified atom stereocenters. The molecule has 0 aliphatic heterocycles. The minimum Gasteiger partial charge on any atom is -0.508 e. The Hall–Kier alpha value is -2.79. The van der Waals surface area contributed by atoms with Crippen molar-refractivity contribution < 1.29 is 15.0 Å². The number of benzene rings is 2. The van der Waals surface area contributed by atoms with Crippen molar-refractivity contribution in [1.29, 1.82) is 0 Å². The monoisotopic (exact) mass is 370 g/mol. The van der Waals surface area contributed by atoms with Crippen LogP contribution in [0, 0.1) is 0 Å². The van der Waals surface area contributed by atoms with Crippen LogP contribution in [0.2, 0.25) is 5.02 Å². The number of carbonyl (C=O) groups is 1. The summed E-state index contributed by atoms with van der Waals surface area (Å²) in [5.74, 6) is -0.130. The number of phenolic OH excluding ortho intramolecular Hbond substituents is 2. The number of rotatable bonds is 5. The van der Waals surface area contributed by atoms with E-state index in [4.69, 9.17) is 11.6 Å². The number of carbonyl (C=O) groups excluding carboxylic acids is 1. The summed E-state index contributed by atoms with van der Waals surface area (Å²) in [5, 5.41) is 24.6. The van der Waals surface area contributed by atoms with Crippen molar-refractivity contribution in [2.24, 2.45) is 0 Å². The third kappa shape index (κ3) is 3.58. The topological polar surface area (TPSA) is 82.5 Å². The molecule has 1 atom stereocenters. The predicted octanol–water partition coefficient (Wildman–Crippen LogP) is 4.31. The number of amides is 1. The van der Waals surface area contributed by atoms with Gasteiger partial charge in [0.1, 0.15) is 17.0 Å². The SMILES string of the molecule is CCCC(=O)NC(c1cccc(O)c1)c1cc(Cl)c2cccnc2c1O. The Morgan fingerprint density at radius 1 is 1.23 bits per heavy atom. The fourth-order valence-electron chi connectivity index (χ4n) is 2.93. The molecule has 0 bridgehead atoms. The van der Waals surface area contributed by atoms with E-state index in [0.717, 1.165) is 0 Å². The Kier molecular flexibility index (Phi) is 5.28. The molecular formula is C20H19ClN2O3. The van der Waals surface area contributed by atoms with Gasteiger partial charge >= 0.3 is 0 Å². The van der Waals surface area contributed by atoms with Crippen molar-refractivity contribution in [3.05, 3.63) is 64.8 Å². The number of pyridine rings is 1. The first-order valence-corrected chi connectivity index (χ1v) is 8.73. The second-order valence-corrected chi connectivity index (χ2v) is 6.45. The lowest BCUT2D eigenvalue weighted by Gasteiger charge is -2.22. The molecular weight excluding hydrogens is 352 g/mol. The summed E-state index contributed by atoms with van der Waals surface area (Å²) in [6.07, 6.45) is 2.63. The summed E-state index contributed by atoms with van der Waals surface area (Å²) in [6.45, 7) is 1.91. The lowest BCUT2D eigenvalue weighted by Crippen LogP contribution is -2.29. The van der Waals surface area contributed by atoms with Gasteiger partial charge in [-0.05, 0) is 42.3 Å². The first-order chi connectivity index (χ1) is 12.5. The Morgan fingerprint density at radius 2 is 2.04 bits per heavy atom. The molecule has 1 amide bonds. The van der Waals surface area contributed by atoms with Gasteiger partial charge in [-0.25, -0.2) is 0 Å². The molecule has 0 fully saturated rings. The number of fused-ring (bicyclic) bond motifs is 1. The van der Waals surface area contributed by atoms with Gasteiger partial charge in [-0.15, -0.1) is 0 Å². The number of hydrogen-bond donors (Lipinski definition) is 3. The van der Waals surface area contributed by atoms with Gasteiger partial charge in [-0.2, -0.15) is 0 Å². The maximum Gasteiger partial charge on any atom is 0.220 e. The number of nitrogens with zero attached hydrogens (tertiary/aromatic N) is 1. The zero-order chi connectivity index (χ0) is 18.7. The van der Waals surface area contributed by atoms with E-state index < -0.39 is 6.04 Å². The molecule has 5 nitrogen and oxygen atoms in total. The van der Waals surface area contributed by atoms with E-state index in [9.17, 15) is 15.0 Å². The van der Waals surface area contributed by atoms with Gasteiger partial charge in [-0.1, -0.05) is 30.7 Å². The molecule has 3 N–H and O–H groups in total. The van der Waals surface area contributed by atoms with Crippen LogP contribution in [0.4, 0.5) is 0 Å². The van der Waals surface area contributed by atoms with Crippen LogP contribution in [-0.2, 0) is 4.79 Å². The molecule has 134 valence electrons. The maximum atomic E-state index is 12.2. The second kappa shape index (κ2) is 7.62. The highest BCUT2D eigenvalue weighted by Crippen LogP contribution is 2.38. The third-order valence-electron chi connectivity index (χ3n) is 4.14. The average Bonchev–Trinajstić information content (AvgIpc) is 2.63. The van der Waals surface area contributed by atoms with Crippen molar-refractivity contribution in [2.45, 2.75) is 25.8 Å². The lowest BCUT2D eigenvalue weighted by atomic mass is 9.95. The van der Waals surface area contributed by atoms with E-state index in [1.165, 1.54) is 0 Å². The van der Waals surface area contributed by atoms with Gasteiger partial charge in [0.25, 0.3) is 0 Å². The highest BCUT2D eigenvalue weighted by molar-refractivity contribution is 6.35. The number of halogens is 1. The fraction of sp³-hybridized carbons (Fsp3) is 0.200. The Bertz CT molecular complexity index is 959. The number of hydrogen-bond acceptors (Lipinski definition) is 4. The molecule has 0 saturated carbocycles. The minimum atomic E-state index is -0.662. The Balaban J connectivity index is 2.16. The zero-order valence-electron chi connectivity index (χ0n) is 14.2. The molecule has 0 aliphatic rings. The van der Waals surface area contributed by atoms with Crippen LogP contribution in [0.3, 0.4) is 0 Å². The van der Waals surface area contributed by atoms with Crippen molar-refractivity contribution in [3.63, 3.8) is 0 Å². The standard InChI is InChI=1S/C20H19ClN2O3/c1-2-5-17(25)23-18(12-6-3-7-13(24)10-12)15-11-16(21)14-8-4-9-22-19(14)20(15)26/h3-4,6-11,18,24,26H,2,5H2,1H3,(H,23,25). The summed E-state index contributed by atoms with van der Waals surface area (Å²) in [7, 11) is 0. The van der Waals surface area contributed by atoms with E-state index in [1.54, 1.807) is 48.7 Å². The highest BCUT2D eigenvalue weighted by atomic mass is 35.5. The van der Waals surface area contributed by atoms with E-state index in [0.29, 0.717) is 39.9 Å². The van der Waals surface area contributed by atoms with Gasteiger partial charge in [0.05, 0.1) is 11.1 Å². The summed E-state index contributed by atoms with van der Waals surface area (Å²) in [5.41, 5.74) is 1.43. The highest BCUT2D eigenvalue weighted by Gasteiger charge is 2.23. The molecule has 0 spiro atoms. The molecule has 1 aromatic heterocycles. The summed E-state index contributed by atoms with van der Waals surface area (Å²) >= 11 is 6.38. The fourth-order valence-corrected chi connectivity index (χ4v) is 3.20. The van der Waals surface area contributed by atoms with Crippen molar-refractivity contribution >= 4 is 28.4 Å². The van der Waals surface area contributed by atoms with Gasteiger partial charge < -0.3 is 15.5 Å². The summed E-state index contributed by atoms with van der Waals surface area (Å²) < 4.78 is 0. The Labute approximate surface area is 156 Å². The molecule has 1 heterocycles. The number of aromatic hydroxyl groups is 2. The first-order valence-electron chi connectivity index (χ1n) is 8.35. The van der Waals surface area contributed by atoms with Crippen LogP contribution in [-0.4, -0.2) is 21.1 Å². The largest absolute Gasteiger partial charge is 0.508 e. The smallest absolute Gasteiger partial charge is 0.220 e. The minimum absolute atomic E-state index is 0.0462. The molecule has 0 saturated heterocycles. The molecule has 2 aromatic carbocycles. The van der Waals surface area contributed by atoms with Gasteiger partial charge in [0, 0.05) is 23.6 Å². The molecule has 3 aromatic rings. The van der Waals surface area contributed by atoms with Gasteiger partial charge in [-0.3, -0.25) is 9.78 Å². The first kappa shape index (κ1) is 18.0. The molecule has 6 heteroatoms. The van der Waals surface area contributed by atoms with E-state index in [1.807, 2.05) is 6.92 Å². The van der Waals surface area contributed by atoms with Crippen LogP contribution in [0.5, 0.6) is 11.5 Å². The van der Waals surface area contributed by atoms with E-state index in [-0.39, 0.29) is 17.4 Å². The van der Waals surface area contributed by atoms with E-state index in [2.05, 4.69) is 10.3 Å². The number of phenols is 2.